The lowest BCUT2D eigenvalue weighted by molar-refractivity contribution is 0.226. The van der Waals surface area contributed by atoms with Crippen LogP contribution in [0, 0.1) is 5.92 Å². The van der Waals surface area contributed by atoms with Gasteiger partial charge in [-0.05, 0) is 42.9 Å². The van der Waals surface area contributed by atoms with Crippen LogP contribution in [0.1, 0.15) is 37.3 Å². The minimum atomic E-state index is 0.683. The molecule has 1 aromatic rings. The van der Waals surface area contributed by atoms with E-state index in [0.29, 0.717) is 5.92 Å². The van der Waals surface area contributed by atoms with Crippen molar-refractivity contribution in [3.63, 3.8) is 0 Å². The highest BCUT2D eigenvalue weighted by Gasteiger charge is 2.17. The van der Waals surface area contributed by atoms with Crippen LogP contribution in [0.25, 0.3) is 0 Å². The molecule has 1 saturated heterocycles. The Kier molecular flexibility index (Phi) is 5.41. The number of nitrogens with zero attached hydrogens (tertiary/aromatic N) is 1. The van der Waals surface area contributed by atoms with Crippen molar-refractivity contribution in [2.24, 2.45) is 5.92 Å². The Labute approximate surface area is 118 Å². The van der Waals surface area contributed by atoms with E-state index in [0.717, 1.165) is 12.3 Å². The fraction of sp³-hybridized carbons (Fsp3) is 0.647. The first-order valence-corrected chi connectivity index (χ1v) is 7.67. The lowest BCUT2D eigenvalue weighted by Crippen LogP contribution is -2.47. The second-order valence-electron chi connectivity index (χ2n) is 6.09. The first-order valence-electron chi connectivity index (χ1n) is 7.67. The minimum absolute atomic E-state index is 0.683. The van der Waals surface area contributed by atoms with Crippen LogP contribution in [-0.2, 0) is 6.42 Å². The van der Waals surface area contributed by atoms with E-state index in [2.05, 4.69) is 55.4 Å². The lowest BCUT2D eigenvalue weighted by atomic mass is 9.97. The zero-order valence-corrected chi connectivity index (χ0v) is 12.7. The van der Waals surface area contributed by atoms with Crippen LogP contribution in [0.2, 0.25) is 0 Å². The van der Waals surface area contributed by atoms with Crippen molar-refractivity contribution >= 4 is 0 Å². The highest BCUT2D eigenvalue weighted by atomic mass is 15.1. The molecule has 1 fully saturated rings. The first kappa shape index (κ1) is 14.5. The molecule has 0 saturated carbocycles. The fourth-order valence-electron chi connectivity index (χ4n) is 2.58. The Morgan fingerprint density at radius 2 is 1.95 bits per heavy atom. The molecule has 0 bridgehead atoms. The molecule has 1 heterocycles. The quantitative estimate of drug-likeness (QED) is 0.811. The monoisotopic (exact) mass is 260 g/mol. The topological polar surface area (TPSA) is 15.3 Å². The number of hydrogen-bond acceptors (Lipinski definition) is 2. The molecule has 0 spiro atoms. The smallest absolute Gasteiger partial charge is 0.00311 e. The molecule has 2 nitrogen and oxygen atoms in total. The largest absolute Gasteiger partial charge is 0.316 e. The summed E-state index contributed by atoms with van der Waals surface area (Å²) in [5, 5.41) is 3.34. The maximum Gasteiger partial charge on any atom is 0.00311 e. The molecule has 1 aromatic carbocycles. The second-order valence-corrected chi connectivity index (χ2v) is 6.09. The van der Waals surface area contributed by atoms with Crippen molar-refractivity contribution in [2.75, 3.05) is 33.2 Å². The summed E-state index contributed by atoms with van der Waals surface area (Å²) in [5.41, 5.74) is 2.94. The average molecular weight is 260 g/mol. The summed E-state index contributed by atoms with van der Waals surface area (Å²) in [6.07, 6.45) is 2.38. The summed E-state index contributed by atoms with van der Waals surface area (Å²) < 4.78 is 0. The predicted molar refractivity (Wildman–Crippen MR) is 82.7 cm³/mol. The number of nitrogens with one attached hydrogen (secondary N) is 1. The van der Waals surface area contributed by atoms with Crippen molar-refractivity contribution in [1.29, 1.82) is 0 Å². The van der Waals surface area contributed by atoms with Crippen molar-refractivity contribution in [1.82, 2.24) is 10.2 Å². The molecule has 19 heavy (non-hydrogen) atoms. The van der Waals surface area contributed by atoms with Crippen LogP contribution in [0.4, 0.5) is 0 Å². The Morgan fingerprint density at radius 1 is 1.26 bits per heavy atom. The van der Waals surface area contributed by atoms with Gasteiger partial charge >= 0.3 is 0 Å². The zero-order valence-electron chi connectivity index (χ0n) is 12.7. The van der Waals surface area contributed by atoms with Gasteiger partial charge in [-0.25, -0.2) is 0 Å². The highest BCUT2D eigenvalue weighted by molar-refractivity contribution is 5.25. The molecule has 1 N–H and O–H groups in total. The summed E-state index contributed by atoms with van der Waals surface area (Å²) in [7, 11) is 2.24. The molecule has 1 unspecified atom stereocenters. The number of hydrogen-bond donors (Lipinski definition) is 1. The van der Waals surface area contributed by atoms with Crippen LogP contribution in [0.3, 0.4) is 0 Å². The molecular formula is C17H28N2. The third-order valence-corrected chi connectivity index (χ3v) is 4.38. The molecule has 1 aliphatic heterocycles. The Hall–Kier alpha value is -0.860. The number of likely N-dealkylation sites (N-methyl/N-ethyl adjacent to an activating group) is 1. The maximum absolute atomic E-state index is 3.34. The SMILES string of the molecule is CCC(C)c1ccc(CCN(C)CC2CNC2)cc1. The first-order chi connectivity index (χ1) is 9.19. The van der Waals surface area contributed by atoms with Gasteiger partial charge < -0.3 is 10.2 Å². The van der Waals surface area contributed by atoms with Gasteiger partial charge in [-0.15, -0.1) is 0 Å². The van der Waals surface area contributed by atoms with Gasteiger partial charge in [0, 0.05) is 26.2 Å². The molecule has 0 radical (unpaired) electrons. The summed E-state index contributed by atoms with van der Waals surface area (Å²) in [6, 6.07) is 9.22. The van der Waals surface area contributed by atoms with Crippen molar-refractivity contribution in [3.8, 4) is 0 Å². The molecular weight excluding hydrogens is 232 g/mol. The third kappa shape index (κ3) is 4.32. The van der Waals surface area contributed by atoms with E-state index in [9.17, 15) is 0 Å². The van der Waals surface area contributed by atoms with Gasteiger partial charge in [0.05, 0.1) is 0 Å². The van der Waals surface area contributed by atoms with E-state index in [-0.39, 0.29) is 0 Å². The fourth-order valence-corrected chi connectivity index (χ4v) is 2.58. The molecule has 0 aliphatic carbocycles. The van der Waals surface area contributed by atoms with Gasteiger partial charge in [0.1, 0.15) is 0 Å². The number of rotatable bonds is 7. The Morgan fingerprint density at radius 3 is 2.47 bits per heavy atom. The van der Waals surface area contributed by atoms with Crippen LogP contribution in [0.5, 0.6) is 0 Å². The van der Waals surface area contributed by atoms with E-state index < -0.39 is 0 Å². The Bertz CT molecular complexity index is 367. The average Bonchev–Trinajstić information content (AvgIpc) is 2.40. The van der Waals surface area contributed by atoms with Gasteiger partial charge in [-0.3, -0.25) is 0 Å². The predicted octanol–water partition coefficient (Wildman–Crippen LogP) is 2.89. The highest BCUT2D eigenvalue weighted by Crippen LogP contribution is 2.19. The van der Waals surface area contributed by atoms with Crippen LogP contribution >= 0.6 is 0 Å². The molecule has 2 rings (SSSR count). The standard InChI is InChI=1S/C17H28N2/c1-4-14(2)17-7-5-15(6-8-17)9-10-19(3)13-16-11-18-12-16/h5-8,14,16,18H,4,9-13H2,1-3H3. The van der Waals surface area contributed by atoms with E-state index in [1.807, 2.05) is 0 Å². The zero-order chi connectivity index (χ0) is 13.7. The summed E-state index contributed by atoms with van der Waals surface area (Å²) in [5.74, 6) is 1.56. The lowest BCUT2D eigenvalue weighted by Gasteiger charge is -2.31. The van der Waals surface area contributed by atoms with Crippen LogP contribution < -0.4 is 5.32 Å². The second kappa shape index (κ2) is 7.06. The molecule has 1 atom stereocenters. The summed E-state index contributed by atoms with van der Waals surface area (Å²) >= 11 is 0. The minimum Gasteiger partial charge on any atom is -0.316 e. The molecule has 0 aromatic heterocycles. The van der Waals surface area contributed by atoms with E-state index in [1.165, 1.54) is 43.7 Å². The molecule has 106 valence electrons. The van der Waals surface area contributed by atoms with Gasteiger partial charge in [0.15, 0.2) is 0 Å². The molecule has 0 amide bonds. The third-order valence-electron chi connectivity index (χ3n) is 4.38. The molecule has 1 aliphatic rings. The van der Waals surface area contributed by atoms with Gasteiger partial charge in [-0.2, -0.15) is 0 Å². The maximum atomic E-state index is 3.34. The molecule has 2 heteroatoms. The normalized spacial score (nSPS) is 17.5. The van der Waals surface area contributed by atoms with Gasteiger partial charge in [0.2, 0.25) is 0 Å². The van der Waals surface area contributed by atoms with Gasteiger partial charge in [0.25, 0.3) is 0 Å². The summed E-state index contributed by atoms with van der Waals surface area (Å²) in [4.78, 5) is 2.47. The van der Waals surface area contributed by atoms with Crippen LogP contribution in [0.15, 0.2) is 24.3 Å². The van der Waals surface area contributed by atoms with E-state index in [1.54, 1.807) is 0 Å². The van der Waals surface area contributed by atoms with Crippen molar-refractivity contribution in [3.05, 3.63) is 35.4 Å². The van der Waals surface area contributed by atoms with E-state index >= 15 is 0 Å². The Balaban J connectivity index is 1.75. The van der Waals surface area contributed by atoms with Crippen molar-refractivity contribution < 1.29 is 0 Å². The number of benzene rings is 1. The van der Waals surface area contributed by atoms with Crippen LogP contribution in [-0.4, -0.2) is 38.1 Å². The summed E-state index contributed by atoms with van der Waals surface area (Å²) in [6.45, 7) is 9.36. The van der Waals surface area contributed by atoms with E-state index in [4.69, 9.17) is 0 Å². The van der Waals surface area contributed by atoms with Gasteiger partial charge in [-0.1, -0.05) is 38.1 Å². The van der Waals surface area contributed by atoms with Crippen molar-refractivity contribution in [2.45, 2.75) is 32.6 Å².